The standard InChI is InChI=1S/C22H24FN3O3S/c1-28-18-6-7-20-19(15-18)24-22(30-20)26(9-3-8-25-10-12-29-13-11-25)21(27)16-4-2-5-17(23)14-16/h2,4-7,14-15H,3,8-13H2,1H3. The number of methoxy groups -OCH3 is 1. The van der Waals surface area contributed by atoms with Crippen LogP contribution in [0.5, 0.6) is 5.75 Å². The van der Waals surface area contributed by atoms with Crippen molar-refractivity contribution in [2.45, 2.75) is 6.42 Å². The molecule has 1 aliphatic rings. The van der Waals surface area contributed by atoms with Crippen LogP contribution in [0, 0.1) is 5.82 Å². The highest BCUT2D eigenvalue weighted by Crippen LogP contribution is 2.32. The highest BCUT2D eigenvalue weighted by molar-refractivity contribution is 7.22. The van der Waals surface area contributed by atoms with Crippen molar-refractivity contribution in [2.24, 2.45) is 0 Å². The zero-order chi connectivity index (χ0) is 20.9. The number of ether oxygens (including phenoxy) is 2. The topological polar surface area (TPSA) is 54.9 Å². The van der Waals surface area contributed by atoms with Crippen molar-refractivity contribution >= 4 is 32.6 Å². The van der Waals surface area contributed by atoms with Crippen molar-refractivity contribution < 1.29 is 18.7 Å². The summed E-state index contributed by atoms with van der Waals surface area (Å²) in [5.41, 5.74) is 1.10. The minimum absolute atomic E-state index is 0.248. The Morgan fingerprint density at radius 1 is 1.27 bits per heavy atom. The summed E-state index contributed by atoms with van der Waals surface area (Å²) < 4.78 is 25.4. The number of carbonyl (C=O) groups excluding carboxylic acids is 1. The maximum absolute atomic E-state index is 13.7. The number of hydrogen-bond donors (Lipinski definition) is 0. The van der Waals surface area contributed by atoms with Crippen LogP contribution in [0.1, 0.15) is 16.8 Å². The number of thiazole rings is 1. The van der Waals surface area contributed by atoms with Gasteiger partial charge in [0.25, 0.3) is 5.91 Å². The lowest BCUT2D eigenvalue weighted by atomic mass is 10.2. The normalized spacial score (nSPS) is 14.7. The number of morpholine rings is 1. The van der Waals surface area contributed by atoms with Gasteiger partial charge in [0, 0.05) is 37.8 Å². The van der Waals surface area contributed by atoms with Gasteiger partial charge < -0.3 is 9.47 Å². The molecular formula is C22H24FN3O3S. The maximum atomic E-state index is 13.7. The van der Waals surface area contributed by atoms with Gasteiger partial charge in [0.1, 0.15) is 11.6 Å². The average Bonchev–Trinajstić information content (AvgIpc) is 3.20. The van der Waals surface area contributed by atoms with E-state index >= 15 is 0 Å². The molecule has 2 heterocycles. The van der Waals surface area contributed by atoms with E-state index in [-0.39, 0.29) is 5.91 Å². The number of fused-ring (bicyclic) bond motifs is 1. The molecule has 1 amide bonds. The van der Waals surface area contributed by atoms with E-state index in [1.807, 2.05) is 18.2 Å². The molecule has 0 unspecified atom stereocenters. The molecule has 0 spiro atoms. The molecule has 1 fully saturated rings. The third-order valence-corrected chi connectivity index (χ3v) is 6.15. The second-order valence-electron chi connectivity index (χ2n) is 7.10. The number of halogens is 1. The Bertz CT molecular complexity index is 1020. The van der Waals surface area contributed by atoms with Crippen LogP contribution >= 0.6 is 11.3 Å². The lowest BCUT2D eigenvalue weighted by Crippen LogP contribution is -2.39. The van der Waals surface area contributed by atoms with E-state index in [0.717, 1.165) is 55.2 Å². The molecule has 0 atom stereocenters. The minimum Gasteiger partial charge on any atom is -0.497 e. The first-order chi connectivity index (χ1) is 14.6. The van der Waals surface area contributed by atoms with E-state index in [2.05, 4.69) is 9.88 Å². The molecular weight excluding hydrogens is 405 g/mol. The molecule has 0 bridgehead atoms. The molecule has 1 aliphatic heterocycles. The fraction of sp³-hybridized carbons (Fsp3) is 0.364. The number of anilines is 1. The molecule has 0 aliphatic carbocycles. The third-order valence-electron chi connectivity index (χ3n) is 5.09. The zero-order valence-corrected chi connectivity index (χ0v) is 17.7. The summed E-state index contributed by atoms with van der Waals surface area (Å²) in [7, 11) is 1.61. The van der Waals surface area contributed by atoms with Gasteiger partial charge in [-0.05, 0) is 36.8 Å². The van der Waals surface area contributed by atoms with Gasteiger partial charge in [0.2, 0.25) is 0 Å². The van der Waals surface area contributed by atoms with E-state index in [1.165, 1.54) is 23.5 Å². The van der Waals surface area contributed by atoms with E-state index in [4.69, 9.17) is 9.47 Å². The molecule has 8 heteroatoms. The van der Waals surface area contributed by atoms with Crippen LogP contribution in [0.4, 0.5) is 9.52 Å². The second kappa shape index (κ2) is 9.51. The summed E-state index contributed by atoms with van der Waals surface area (Å²) in [5.74, 6) is 0.0420. The summed E-state index contributed by atoms with van der Waals surface area (Å²) in [6, 6.07) is 11.5. The Balaban J connectivity index is 1.58. The Kier molecular flexibility index (Phi) is 6.56. The highest BCUT2D eigenvalue weighted by Gasteiger charge is 2.22. The quantitative estimate of drug-likeness (QED) is 0.572. The molecule has 1 saturated heterocycles. The second-order valence-corrected chi connectivity index (χ2v) is 8.11. The Hall–Kier alpha value is -2.55. The van der Waals surface area contributed by atoms with Crippen LogP contribution in [0.25, 0.3) is 10.2 Å². The lowest BCUT2D eigenvalue weighted by molar-refractivity contribution is 0.0376. The number of nitrogens with zero attached hydrogens (tertiary/aromatic N) is 3. The lowest BCUT2D eigenvalue weighted by Gasteiger charge is -2.27. The molecule has 3 aromatic rings. The molecule has 6 nitrogen and oxygen atoms in total. The number of carbonyl (C=O) groups is 1. The first-order valence-electron chi connectivity index (χ1n) is 9.96. The molecule has 30 heavy (non-hydrogen) atoms. The van der Waals surface area contributed by atoms with E-state index in [1.54, 1.807) is 24.1 Å². The average molecular weight is 430 g/mol. The molecule has 4 rings (SSSR count). The number of hydrogen-bond acceptors (Lipinski definition) is 6. The van der Waals surface area contributed by atoms with E-state index < -0.39 is 5.82 Å². The van der Waals surface area contributed by atoms with E-state index in [9.17, 15) is 9.18 Å². The molecule has 1 aromatic heterocycles. The summed E-state index contributed by atoms with van der Waals surface area (Å²) in [5, 5.41) is 0.606. The van der Waals surface area contributed by atoms with Gasteiger partial charge in [0.05, 0.1) is 30.5 Å². The smallest absolute Gasteiger partial charge is 0.260 e. The van der Waals surface area contributed by atoms with Crippen LogP contribution in [0.2, 0.25) is 0 Å². The Labute approximate surface area is 178 Å². The van der Waals surface area contributed by atoms with Gasteiger partial charge in [-0.2, -0.15) is 0 Å². The fourth-order valence-corrected chi connectivity index (χ4v) is 4.45. The van der Waals surface area contributed by atoms with Gasteiger partial charge in [-0.3, -0.25) is 14.6 Å². The predicted octanol–water partition coefficient (Wildman–Crippen LogP) is 3.81. The fourth-order valence-electron chi connectivity index (χ4n) is 3.48. The molecule has 2 aromatic carbocycles. The molecule has 0 saturated carbocycles. The SMILES string of the molecule is COc1ccc2sc(N(CCCN3CCOCC3)C(=O)c3cccc(F)c3)nc2c1. The maximum Gasteiger partial charge on any atom is 0.260 e. The summed E-state index contributed by atoms with van der Waals surface area (Å²) in [6.45, 7) is 4.66. The summed E-state index contributed by atoms with van der Waals surface area (Å²) in [6.07, 6.45) is 0.792. The predicted molar refractivity (Wildman–Crippen MR) is 116 cm³/mol. The molecule has 0 N–H and O–H groups in total. The number of amides is 1. The van der Waals surface area contributed by atoms with Gasteiger partial charge >= 0.3 is 0 Å². The van der Waals surface area contributed by atoms with Crippen LogP contribution in [0.3, 0.4) is 0 Å². The zero-order valence-electron chi connectivity index (χ0n) is 16.8. The number of rotatable bonds is 7. The van der Waals surface area contributed by atoms with E-state index in [0.29, 0.717) is 17.2 Å². The van der Waals surface area contributed by atoms with Gasteiger partial charge in [-0.1, -0.05) is 17.4 Å². The van der Waals surface area contributed by atoms with Crippen LogP contribution in [-0.2, 0) is 4.74 Å². The van der Waals surface area contributed by atoms with Crippen LogP contribution < -0.4 is 9.64 Å². The van der Waals surface area contributed by atoms with Crippen molar-refractivity contribution in [3.8, 4) is 5.75 Å². The van der Waals surface area contributed by atoms with Crippen molar-refractivity contribution in [1.82, 2.24) is 9.88 Å². The number of benzene rings is 2. The largest absolute Gasteiger partial charge is 0.497 e. The molecule has 158 valence electrons. The highest BCUT2D eigenvalue weighted by atomic mass is 32.1. The van der Waals surface area contributed by atoms with Crippen LogP contribution in [0.15, 0.2) is 42.5 Å². The molecule has 0 radical (unpaired) electrons. The van der Waals surface area contributed by atoms with Gasteiger partial charge in [-0.15, -0.1) is 0 Å². The minimum atomic E-state index is -0.428. The van der Waals surface area contributed by atoms with Crippen molar-refractivity contribution in [1.29, 1.82) is 0 Å². The van der Waals surface area contributed by atoms with Gasteiger partial charge in [0.15, 0.2) is 5.13 Å². The van der Waals surface area contributed by atoms with Crippen molar-refractivity contribution in [2.75, 3.05) is 51.4 Å². The monoisotopic (exact) mass is 429 g/mol. The van der Waals surface area contributed by atoms with Crippen LogP contribution in [-0.4, -0.2) is 62.3 Å². The number of aromatic nitrogens is 1. The van der Waals surface area contributed by atoms with Gasteiger partial charge in [-0.25, -0.2) is 9.37 Å². The van der Waals surface area contributed by atoms with Crippen molar-refractivity contribution in [3.63, 3.8) is 0 Å². The Morgan fingerprint density at radius 2 is 2.10 bits per heavy atom. The third kappa shape index (κ3) is 4.77. The van der Waals surface area contributed by atoms with Crippen molar-refractivity contribution in [3.05, 3.63) is 53.8 Å². The first-order valence-corrected chi connectivity index (χ1v) is 10.8. The Morgan fingerprint density at radius 3 is 2.87 bits per heavy atom. The summed E-state index contributed by atoms with van der Waals surface area (Å²) in [4.78, 5) is 21.9. The first kappa shape index (κ1) is 20.7. The summed E-state index contributed by atoms with van der Waals surface area (Å²) >= 11 is 1.45.